The Morgan fingerprint density at radius 2 is 2.19 bits per heavy atom. The minimum absolute atomic E-state index is 0.118. The van der Waals surface area contributed by atoms with Crippen LogP contribution in [0.1, 0.15) is 10.5 Å². The van der Waals surface area contributed by atoms with E-state index in [2.05, 4.69) is 9.97 Å². The predicted molar refractivity (Wildman–Crippen MR) is 54.7 cm³/mol. The van der Waals surface area contributed by atoms with Crippen LogP contribution < -0.4 is 0 Å². The molecule has 0 aromatic carbocycles. The van der Waals surface area contributed by atoms with Crippen LogP contribution >= 0.6 is 0 Å². The number of carboxylic acids is 1. The highest BCUT2D eigenvalue weighted by Gasteiger charge is 2.14. The molecule has 7 nitrogen and oxygen atoms in total. The second-order valence-electron chi connectivity index (χ2n) is 3.14. The fraction of sp³-hybridized carbons (Fsp3) is 0.125. The third-order valence-corrected chi connectivity index (χ3v) is 2.94. The minimum atomic E-state index is -3.45. The Labute approximate surface area is 90.4 Å². The van der Waals surface area contributed by atoms with Gasteiger partial charge in [-0.1, -0.05) is 0 Å². The van der Waals surface area contributed by atoms with E-state index in [4.69, 9.17) is 5.11 Å². The van der Waals surface area contributed by atoms with Gasteiger partial charge in [0.15, 0.2) is 11.3 Å². The SMILES string of the molecule is CS(=O)(=O)n1ccc2nc(C(=O)O)cnc21. The lowest BCUT2D eigenvalue weighted by Crippen LogP contribution is -2.10. The van der Waals surface area contributed by atoms with Crippen molar-refractivity contribution in [2.75, 3.05) is 6.26 Å². The molecule has 0 amide bonds. The Hall–Kier alpha value is -1.96. The molecule has 2 aromatic heterocycles. The Morgan fingerprint density at radius 1 is 1.50 bits per heavy atom. The summed E-state index contributed by atoms with van der Waals surface area (Å²) in [4.78, 5) is 18.2. The molecule has 8 heteroatoms. The van der Waals surface area contributed by atoms with Gasteiger partial charge in [-0.3, -0.25) is 0 Å². The van der Waals surface area contributed by atoms with E-state index in [0.29, 0.717) is 0 Å². The molecule has 2 rings (SSSR count). The van der Waals surface area contributed by atoms with E-state index in [9.17, 15) is 13.2 Å². The summed E-state index contributed by atoms with van der Waals surface area (Å²) >= 11 is 0. The van der Waals surface area contributed by atoms with Crippen LogP contribution in [0.3, 0.4) is 0 Å². The lowest BCUT2D eigenvalue weighted by Gasteiger charge is -2.00. The van der Waals surface area contributed by atoms with Gasteiger partial charge in [-0.25, -0.2) is 27.2 Å². The van der Waals surface area contributed by atoms with Gasteiger partial charge in [0, 0.05) is 6.20 Å². The monoisotopic (exact) mass is 241 g/mol. The molecule has 16 heavy (non-hydrogen) atoms. The van der Waals surface area contributed by atoms with Gasteiger partial charge >= 0.3 is 5.97 Å². The average Bonchev–Trinajstić information content (AvgIpc) is 2.58. The highest BCUT2D eigenvalue weighted by Crippen LogP contribution is 2.13. The third kappa shape index (κ3) is 1.63. The van der Waals surface area contributed by atoms with E-state index in [1.807, 2.05) is 0 Å². The molecule has 0 radical (unpaired) electrons. The van der Waals surface area contributed by atoms with E-state index in [-0.39, 0.29) is 16.9 Å². The minimum Gasteiger partial charge on any atom is -0.476 e. The predicted octanol–water partition coefficient (Wildman–Crippen LogP) is -0.0628. The highest BCUT2D eigenvalue weighted by atomic mass is 32.2. The molecule has 0 unspecified atom stereocenters. The van der Waals surface area contributed by atoms with E-state index < -0.39 is 16.0 Å². The number of carboxylic acid groups (broad SMARTS) is 1. The Kier molecular flexibility index (Phi) is 2.16. The third-order valence-electron chi connectivity index (χ3n) is 1.93. The molecule has 0 bridgehead atoms. The Bertz CT molecular complexity index is 674. The van der Waals surface area contributed by atoms with Gasteiger partial charge in [-0.2, -0.15) is 0 Å². The van der Waals surface area contributed by atoms with Gasteiger partial charge in [0.1, 0.15) is 5.52 Å². The molecular formula is C8H7N3O4S. The topological polar surface area (TPSA) is 102 Å². The molecule has 0 fully saturated rings. The van der Waals surface area contributed by atoms with Crippen LogP contribution in [0, 0.1) is 0 Å². The zero-order valence-electron chi connectivity index (χ0n) is 8.15. The second kappa shape index (κ2) is 3.27. The molecule has 0 atom stereocenters. The van der Waals surface area contributed by atoms with Crippen LogP contribution in [-0.2, 0) is 10.0 Å². The van der Waals surface area contributed by atoms with Crippen LogP contribution in [0.25, 0.3) is 11.2 Å². The summed E-state index contributed by atoms with van der Waals surface area (Å²) in [5.41, 5.74) is 0.122. The van der Waals surface area contributed by atoms with Gasteiger partial charge in [0.2, 0.25) is 10.0 Å². The quantitative estimate of drug-likeness (QED) is 0.790. The maximum Gasteiger partial charge on any atom is 0.356 e. The summed E-state index contributed by atoms with van der Waals surface area (Å²) in [5, 5.41) is 8.68. The summed E-state index contributed by atoms with van der Waals surface area (Å²) < 4.78 is 23.6. The van der Waals surface area contributed by atoms with Gasteiger partial charge in [0.25, 0.3) is 0 Å². The molecule has 0 spiro atoms. The van der Waals surface area contributed by atoms with Crippen LogP contribution in [0.5, 0.6) is 0 Å². The number of hydrogen-bond acceptors (Lipinski definition) is 5. The van der Waals surface area contributed by atoms with Crippen molar-refractivity contribution < 1.29 is 18.3 Å². The fourth-order valence-corrected chi connectivity index (χ4v) is 1.99. The first-order chi connectivity index (χ1) is 7.39. The zero-order chi connectivity index (χ0) is 11.9. The molecule has 0 saturated heterocycles. The van der Waals surface area contributed by atoms with E-state index in [1.54, 1.807) is 0 Å². The van der Waals surface area contributed by atoms with Gasteiger partial charge in [-0.15, -0.1) is 0 Å². The molecule has 2 heterocycles. The van der Waals surface area contributed by atoms with Crippen LogP contribution in [0.4, 0.5) is 0 Å². The van der Waals surface area contributed by atoms with E-state index in [1.165, 1.54) is 12.3 Å². The second-order valence-corrected chi connectivity index (χ2v) is 5.00. The summed E-state index contributed by atoms with van der Waals surface area (Å²) in [7, 11) is -3.45. The largest absolute Gasteiger partial charge is 0.476 e. The van der Waals surface area contributed by atoms with Crippen molar-refractivity contribution >= 4 is 27.2 Å². The first kappa shape index (κ1) is 10.6. The number of carbonyl (C=O) groups is 1. The number of fused-ring (bicyclic) bond motifs is 1. The Morgan fingerprint density at radius 3 is 2.75 bits per heavy atom. The van der Waals surface area contributed by atoms with Crippen molar-refractivity contribution in [3.8, 4) is 0 Å². The smallest absolute Gasteiger partial charge is 0.356 e. The number of rotatable bonds is 2. The molecule has 2 aromatic rings. The van der Waals surface area contributed by atoms with Gasteiger partial charge in [-0.05, 0) is 6.07 Å². The summed E-state index contributed by atoms with van der Waals surface area (Å²) in [6, 6.07) is 1.40. The average molecular weight is 241 g/mol. The van der Waals surface area contributed by atoms with Crippen molar-refractivity contribution in [1.29, 1.82) is 0 Å². The maximum atomic E-state index is 11.3. The van der Waals surface area contributed by atoms with Crippen molar-refractivity contribution in [2.45, 2.75) is 0 Å². The lowest BCUT2D eigenvalue weighted by molar-refractivity contribution is 0.0690. The summed E-state index contributed by atoms with van der Waals surface area (Å²) in [6.07, 6.45) is 3.33. The zero-order valence-corrected chi connectivity index (χ0v) is 8.97. The van der Waals surface area contributed by atoms with Crippen molar-refractivity contribution in [3.63, 3.8) is 0 Å². The molecule has 0 aliphatic carbocycles. The Balaban J connectivity index is 2.73. The van der Waals surface area contributed by atoms with Crippen molar-refractivity contribution in [2.24, 2.45) is 0 Å². The van der Waals surface area contributed by atoms with Gasteiger partial charge < -0.3 is 5.11 Å². The molecule has 0 aliphatic heterocycles. The maximum absolute atomic E-state index is 11.3. The molecule has 84 valence electrons. The van der Waals surface area contributed by atoms with E-state index >= 15 is 0 Å². The van der Waals surface area contributed by atoms with Crippen molar-refractivity contribution in [1.82, 2.24) is 13.9 Å². The number of nitrogens with zero attached hydrogens (tertiary/aromatic N) is 3. The normalized spacial score (nSPS) is 11.8. The van der Waals surface area contributed by atoms with Gasteiger partial charge in [0.05, 0.1) is 12.5 Å². The fourth-order valence-electron chi connectivity index (χ4n) is 1.26. The molecule has 0 aliphatic rings. The van der Waals surface area contributed by atoms with Crippen LogP contribution in [0.15, 0.2) is 18.5 Å². The number of aromatic carboxylic acids is 1. The molecule has 0 saturated carbocycles. The first-order valence-corrected chi connectivity index (χ1v) is 6.02. The molecule has 1 N–H and O–H groups in total. The van der Waals surface area contributed by atoms with Crippen LogP contribution in [0.2, 0.25) is 0 Å². The summed E-state index contributed by atoms with van der Waals surface area (Å²) in [5.74, 6) is -1.21. The lowest BCUT2D eigenvalue weighted by atomic mass is 10.4. The highest BCUT2D eigenvalue weighted by molar-refractivity contribution is 7.89. The number of hydrogen-bond donors (Lipinski definition) is 1. The molecular weight excluding hydrogens is 234 g/mol. The van der Waals surface area contributed by atoms with E-state index in [0.717, 1.165) is 16.4 Å². The first-order valence-electron chi connectivity index (χ1n) is 4.17. The standard InChI is InChI=1S/C8H7N3O4S/c1-16(14,15)11-3-2-5-7(11)9-4-6(10-5)8(12)13/h2-4H,1H3,(H,12,13). The summed E-state index contributed by atoms with van der Waals surface area (Å²) in [6.45, 7) is 0. The number of aromatic nitrogens is 3. The van der Waals surface area contributed by atoms with Crippen LogP contribution in [-0.4, -0.2) is 39.7 Å². The van der Waals surface area contributed by atoms with Crippen molar-refractivity contribution in [3.05, 3.63) is 24.2 Å².